The van der Waals surface area contributed by atoms with Crippen LogP contribution < -0.4 is 5.32 Å². The quantitative estimate of drug-likeness (QED) is 0.894. The highest BCUT2D eigenvalue weighted by Crippen LogP contribution is 2.17. The molecule has 1 nitrogen and oxygen atoms in total. The summed E-state index contributed by atoms with van der Waals surface area (Å²) >= 11 is 5.86. The normalized spacial score (nSPS) is 10.7. The van der Waals surface area contributed by atoms with Crippen LogP contribution in [0.3, 0.4) is 0 Å². The minimum Gasteiger partial charge on any atom is -0.308 e. The summed E-state index contributed by atoms with van der Waals surface area (Å²) in [5.41, 5.74) is 1.07. The van der Waals surface area contributed by atoms with Gasteiger partial charge in [-0.1, -0.05) is 23.7 Å². The van der Waals surface area contributed by atoms with E-state index in [-0.39, 0.29) is 6.54 Å². The molecule has 0 saturated heterocycles. The van der Waals surface area contributed by atoms with Crippen molar-refractivity contribution in [1.29, 1.82) is 0 Å². The molecule has 100 valence electrons. The second-order valence-corrected chi connectivity index (χ2v) is 4.48. The van der Waals surface area contributed by atoms with Crippen LogP contribution >= 0.6 is 11.6 Å². The van der Waals surface area contributed by atoms with Gasteiger partial charge in [0.25, 0.3) is 0 Å². The average Bonchev–Trinajstić information content (AvgIpc) is 2.34. The highest BCUT2D eigenvalue weighted by molar-refractivity contribution is 6.31. The summed E-state index contributed by atoms with van der Waals surface area (Å²) in [5, 5.41) is 3.28. The maximum absolute atomic E-state index is 13.4. The third-order valence-corrected chi connectivity index (χ3v) is 3.01. The Hall–Kier alpha value is -1.52. The van der Waals surface area contributed by atoms with E-state index >= 15 is 0 Å². The molecule has 0 saturated carbocycles. The molecule has 0 aromatic heterocycles. The van der Waals surface area contributed by atoms with Crippen molar-refractivity contribution in [3.05, 3.63) is 70.0 Å². The minimum atomic E-state index is -0.608. The van der Waals surface area contributed by atoms with Crippen LogP contribution in [0.1, 0.15) is 11.1 Å². The number of hydrogen-bond acceptors (Lipinski definition) is 1. The zero-order chi connectivity index (χ0) is 13.8. The number of hydrogen-bond donors (Lipinski definition) is 1. The third-order valence-electron chi connectivity index (χ3n) is 2.66. The summed E-state index contributed by atoms with van der Waals surface area (Å²) in [7, 11) is 0. The van der Waals surface area contributed by atoms with Gasteiger partial charge in [-0.15, -0.1) is 0 Å². The highest BCUT2D eigenvalue weighted by Gasteiger charge is 2.05. The first-order valence-corrected chi connectivity index (χ1v) is 6.02. The smallest absolute Gasteiger partial charge is 0.130 e. The van der Waals surface area contributed by atoms with Gasteiger partial charge in [-0.2, -0.15) is 0 Å². The predicted octanol–water partition coefficient (Wildman–Crippen LogP) is 4.05. The molecule has 0 radical (unpaired) electrons. The highest BCUT2D eigenvalue weighted by atomic mass is 35.5. The Morgan fingerprint density at radius 3 is 2.05 bits per heavy atom. The molecule has 0 unspecified atom stereocenters. The molecule has 0 atom stereocenters. The fraction of sp³-hybridized carbons (Fsp3) is 0.143. The lowest BCUT2D eigenvalue weighted by Gasteiger charge is -2.08. The number of benzene rings is 2. The van der Waals surface area contributed by atoms with Crippen molar-refractivity contribution in [1.82, 2.24) is 5.32 Å². The average molecular weight is 286 g/mol. The van der Waals surface area contributed by atoms with Crippen LogP contribution in [0.4, 0.5) is 13.2 Å². The third kappa shape index (κ3) is 3.72. The molecule has 0 amide bonds. The van der Waals surface area contributed by atoms with Crippen LogP contribution in [-0.4, -0.2) is 0 Å². The van der Waals surface area contributed by atoms with E-state index in [1.54, 1.807) is 6.07 Å². The number of halogens is 4. The van der Waals surface area contributed by atoms with Crippen LogP contribution in [0.2, 0.25) is 5.02 Å². The standard InChI is InChI=1S/C14H11ClF3N/c15-13-5-11(16)3-1-9(13)7-19-8-10-2-4-12(17)6-14(10)18/h1-6,19H,7-8H2. The van der Waals surface area contributed by atoms with Crippen LogP contribution in [0, 0.1) is 17.5 Å². The van der Waals surface area contributed by atoms with Crippen LogP contribution in [0.5, 0.6) is 0 Å². The van der Waals surface area contributed by atoms with Gasteiger partial charge < -0.3 is 5.32 Å². The molecule has 0 bridgehead atoms. The van der Waals surface area contributed by atoms with Gasteiger partial charge in [0.05, 0.1) is 0 Å². The molecule has 2 aromatic carbocycles. The van der Waals surface area contributed by atoms with Gasteiger partial charge in [-0.25, -0.2) is 13.2 Å². The Labute approximate surface area is 114 Å². The summed E-state index contributed by atoms with van der Waals surface area (Å²) in [6, 6.07) is 7.50. The van der Waals surface area contributed by atoms with Gasteiger partial charge in [-0.05, 0) is 23.8 Å². The number of rotatable bonds is 4. The zero-order valence-corrected chi connectivity index (χ0v) is 10.6. The van der Waals surface area contributed by atoms with E-state index in [0.29, 0.717) is 22.7 Å². The zero-order valence-electron chi connectivity index (χ0n) is 9.89. The molecular weight excluding hydrogens is 275 g/mol. The van der Waals surface area contributed by atoms with Crippen molar-refractivity contribution in [3.63, 3.8) is 0 Å². The molecular formula is C14H11ClF3N. The molecule has 0 fully saturated rings. The van der Waals surface area contributed by atoms with Crippen molar-refractivity contribution < 1.29 is 13.2 Å². The molecule has 0 aliphatic carbocycles. The second-order valence-electron chi connectivity index (χ2n) is 4.08. The second kappa shape index (κ2) is 6.08. The lowest BCUT2D eigenvalue weighted by atomic mass is 10.2. The van der Waals surface area contributed by atoms with E-state index in [0.717, 1.165) is 6.07 Å². The Morgan fingerprint density at radius 2 is 1.42 bits per heavy atom. The Balaban J connectivity index is 1.96. The fourth-order valence-corrected chi connectivity index (χ4v) is 1.90. The van der Waals surface area contributed by atoms with Gasteiger partial charge in [0.1, 0.15) is 17.5 Å². The fourth-order valence-electron chi connectivity index (χ4n) is 1.66. The summed E-state index contributed by atoms with van der Waals surface area (Å²) in [6.45, 7) is 0.607. The maximum Gasteiger partial charge on any atom is 0.130 e. The molecule has 0 aliphatic heterocycles. The molecule has 19 heavy (non-hydrogen) atoms. The van der Waals surface area contributed by atoms with E-state index in [9.17, 15) is 13.2 Å². The lowest BCUT2D eigenvalue weighted by Crippen LogP contribution is -2.14. The van der Waals surface area contributed by atoms with E-state index < -0.39 is 17.5 Å². The van der Waals surface area contributed by atoms with Crippen LogP contribution in [0.15, 0.2) is 36.4 Å². The lowest BCUT2D eigenvalue weighted by molar-refractivity contribution is 0.560. The van der Waals surface area contributed by atoms with Crippen molar-refractivity contribution in [2.24, 2.45) is 0 Å². The minimum absolute atomic E-state index is 0.236. The molecule has 0 aliphatic rings. The summed E-state index contributed by atoms with van der Waals surface area (Å²) < 4.78 is 38.9. The first-order valence-electron chi connectivity index (χ1n) is 5.65. The Morgan fingerprint density at radius 1 is 0.842 bits per heavy atom. The molecule has 5 heteroatoms. The van der Waals surface area contributed by atoms with Crippen LogP contribution in [0.25, 0.3) is 0 Å². The Kier molecular flexibility index (Phi) is 4.45. The van der Waals surface area contributed by atoms with E-state index in [1.165, 1.54) is 24.3 Å². The summed E-state index contributed by atoms with van der Waals surface area (Å²) in [6.07, 6.45) is 0. The van der Waals surface area contributed by atoms with Gasteiger partial charge in [0.15, 0.2) is 0 Å². The van der Waals surface area contributed by atoms with Gasteiger partial charge in [-0.3, -0.25) is 0 Å². The van der Waals surface area contributed by atoms with Crippen molar-refractivity contribution >= 4 is 11.6 Å². The molecule has 2 aromatic rings. The van der Waals surface area contributed by atoms with Crippen LogP contribution in [-0.2, 0) is 13.1 Å². The first-order chi connectivity index (χ1) is 9.06. The van der Waals surface area contributed by atoms with E-state index in [1.807, 2.05) is 0 Å². The molecule has 0 heterocycles. The number of nitrogens with one attached hydrogen (secondary N) is 1. The largest absolute Gasteiger partial charge is 0.308 e. The topological polar surface area (TPSA) is 12.0 Å². The molecule has 1 N–H and O–H groups in total. The summed E-state index contributed by atoms with van der Waals surface area (Å²) in [5.74, 6) is -1.61. The maximum atomic E-state index is 13.4. The van der Waals surface area contributed by atoms with Crippen molar-refractivity contribution in [3.8, 4) is 0 Å². The van der Waals surface area contributed by atoms with Crippen molar-refractivity contribution in [2.75, 3.05) is 0 Å². The monoisotopic (exact) mass is 285 g/mol. The van der Waals surface area contributed by atoms with Gasteiger partial charge in [0.2, 0.25) is 0 Å². The van der Waals surface area contributed by atoms with E-state index in [4.69, 9.17) is 11.6 Å². The Bertz CT molecular complexity index is 535. The summed E-state index contributed by atoms with van der Waals surface area (Å²) in [4.78, 5) is 0. The SMILES string of the molecule is Fc1ccc(CNCc2ccc(F)cc2Cl)c(F)c1. The molecule has 2 rings (SSSR count). The van der Waals surface area contributed by atoms with E-state index in [2.05, 4.69) is 5.32 Å². The molecule has 0 spiro atoms. The van der Waals surface area contributed by atoms with Gasteiger partial charge >= 0.3 is 0 Å². The van der Waals surface area contributed by atoms with Gasteiger partial charge in [0, 0.05) is 29.7 Å². The first kappa shape index (κ1) is 13.9. The predicted molar refractivity (Wildman–Crippen MR) is 68.3 cm³/mol. The van der Waals surface area contributed by atoms with Crippen molar-refractivity contribution in [2.45, 2.75) is 13.1 Å².